The summed E-state index contributed by atoms with van der Waals surface area (Å²) in [4.78, 5) is 19.5. The fourth-order valence-electron chi connectivity index (χ4n) is 3.35. The van der Waals surface area contributed by atoms with E-state index >= 15 is 0 Å². The Bertz CT molecular complexity index is 916. The van der Waals surface area contributed by atoms with Crippen LogP contribution in [0.1, 0.15) is 47.5 Å². The van der Waals surface area contributed by atoms with E-state index in [0.717, 1.165) is 34.9 Å². The first-order valence-corrected chi connectivity index (χ1v) is 9.10. The lowest BCUT2D eigenvalue weighted by atomic mass is 9.89. The van der Waals surface area contributed by atoms with Gasteiger partial charge in [-0.2, -0.15) is 0 Å². The Balaban J connectivity index is 1.63. The number of benzene rings is 2. The summed E-state index contributed by atoms with van der Waals surface area (Å²) in [5.74, 6) is -0.0193. The molecule has 1 aromatic heterocycles. The Kier molecular flexibility index (Phi) is 4.47. The standard InChI is InChI=1S/C21H23N3O2/c1-13(9-17-11-22-12-23-17)20(25)18-4-2-3-14-5-6-15(10-19(14)18)21(26)24-16-7-8-16/h2-6,10-13,16,20,25H,7-9H2,1H3,(H,22,23)(H,24,26). The van der Waals surface area contributed by atoms with Crippen LogP contribution in [0.5, 0.6) is 0 Å². The number of aromatic amines is 1. The van der Waals surface area contributed by atoms with Gasteiger partial charge in [0.05, 0.1) is 12.4 Å². The van der Waals surface area contributed by atoms with E-state index in [9.17, 15) is 9.90 Å². The van der Waals surface area contributed by atoms with Gasteiger partial charge in [-0.3, -0.25) is 4.79 Å². The van der Waals surface area contributed by atoms with Crippen molar-refractivity contribution in [2.75, 3.05) is 0 Å². The molecule has 3 aromatic rings. The van der Waals surface area contributed by atoms with Gasteiger partial charge < -0.3 is 15.4 Å². The van der Waals surface area contributed by atoms with Crippen LogP contribution in [-0.4, -0.2) is 27.0 Å². The molecule has 5 nitrogen and oxygen atoms in total. The van der Waals surface area contributed by atoms with Crippen LogP contribution >= 0.6 is 0 Å². The zero-order valence-corrected chi connectivity index (χ0v) is 14.8. The van der Waals surface area contributed by atoms with Crippen molar-refractivity contribution >= 4 is 16.7 Å². The number of rotatable bonds is 6. The zero-order valence-electron chi connectivity index (χ0n) is 14.8. The highest BCUT2D eigenvalue weighted by Crippen LogP contribution is 2.31. The number of fused-ring (bicyclic) bond motifs is 1. The second-order valence-electron chi connectivity index (χ2n) is 7.23. The maximum absolute atomic E-state index is 12.4. The lowest BCUT2D eigenvalue weighted by Crippen LogP contribution is -2.25. The predicted octanol–water partition coefficient (Wildman–Crippen LogP) is 3.37. The molecule has 2 atom stereocenters. The number of carbonyl (C=O) groups is 1. The number of nitrogens with zero attached hydrogens (tertiary/aromatic N) is 1. The average molecular weight is 349 g/mol. The highest BCUT2D eigenvalue weighted by Gasteiger charge is 2.24. The van der Waals surface area contributed by atoms with Crippen LogP contribution in [0.25, 0.3) is 10.8 Å². The Morgan fingerprint density at radius 3 is 2.92 bits per heavy atom. The first-order chi connectivity index (χ1) is 12.6. The molecule has 0 bridgehead atoms. The van der Waals surface area contributed by atoms with Gasteiger partial charge in [0.15, 0.2) is 0 Å². The number of nitrogens with one attached hydrogen (secondary N) is 2. The van der Waals surface area contributed by atoms with E-state index in [1.807, 2.05) is 43.3 Å². The van der Waals surface area contributed by atoms with E-state index < -0.39 is 6.10 Å². The second kappa shape index (κ2) is 6.92. The molecule has 0 saturated heterocycles. The van der Waals surface area contributed by atoms with Crippen LogP contribution in [-0.2, 0) is 6.42 Å². The lowest BCUT2D eigenvalue weighted by Gasteiger charge is -2.20. The number of carbonyl (C=O) groups excluding carboxylic acids is 1. The van der Waals surface area contributed by atoms with E-state index in [1.54, 1.807) is 12.5 Å². The quantitative estimate of drug-likeness (QED) is 0.638. The molecule has 1 fully saturated rings. The third-order valence-electron chi connectivity index (χ3n) is 5.05. The molecule has 0 spiro atoms. The van der Waals surface area contributed by atoms with E-state index in [1.165, 1.54) is 0 Å². The highest BCUT2D eigenvalue weighted by atomic mass is 16.3. The smallest absolute Gasteiger partial charge is 0.251 e. The van der Waals surface area contributed by atoms with Crippen molar-refractivity contribution in [3.8, 4) is 0 Å². The first kappa shape index (κ1) is 16.8. The largest absolute Gasteiger partial charge is 0.388 e. The number of aromatic nitrogens is 2. The van der Waals surface area contributed by atoms with Crippen LogP contribution in [0, 0.1) is 5.92 Å². The fraction of sp³-hybridized carbons (Fsp3) is 0.333. The summed E-state index contributed by atoms with van der Waals surface area (Å²) in [6.07, 6.45) is 5.65. The maximum Gasteiger partial charge on any atom is 0.251 e. The Morgan fingerprint density at radius 2 is 2.19 bits per heavy atom. The molecular formula is C21H23N3O2. The summed E-state index contributed by atoms with van der Waals surface area (Å²) in [7, 11) is 0. The van der Waals surface area contributed by atoms with E-state index in [0.29, 0.717) is 18.0 Å². The van der Waals surface area contributed by atoms with Crippen LogP contribution in [0.4, 0.5) is 0 Å². The highest BCUT2D eigenvalue weighted by molar-refractivity contribution is 5.99. The SMILES string of the molecule is CC(Cc1cnc[nH]1)C(O)c1cccc2ccc(C(=O)NC3CC3)cc12. The van der Waals surface area contributed by atoms with Crippen molar-refractivity contribution in [2.24, 2.45) is 5.92 Å². The van der Waals surface area contributed by atoms with Gasteiger partial charge in [-0.05, 0) is 53.6 Å². The molecule has 2 aromatic carbocycles. The van der Waals surface area contributed by atoms with E-state index in [-0.39, 0.29) is 11.8 Å². The first-order valence-electron chi connectivity index (χ1n) is 9.10. The molecule has 26 heavy (non-hydrogen) atoms. The van der Waals surface area contributed by atoms with Crippen molar-refractivity contribution in [1.29, 1.82) is 0 Å². The van der Waals surface area contributed by atoms with Gasteiger partial charge in [-0.1, -0.05) is 31.2 Å². The molecule has 3 N–H and O–H groups in total. The Hall–Kier alpha value is -2.66. The van der Waals surface area contributed by atoms with Crippen molar-refractivity contribution in [3.05, 3.63) is 65.7 Å². The van der Waals surface area contributed by atoms with Gasteiger partial charge in [-0.25, -0.2) is 4.98 Å². The fourth-order valence-corrected chi connectivity index (χ4v) is 3.35. The second-order valence-corrected chi connectivity index (χ2v) is 7.23. The molecule has 1 heterocycles. The van der Waals surface area contributed by atoms with Gasteiger partial charge in [0.25, 0.3) is 5.91 Å². The molecule has 1 aliphatic rings. The predicted molar refractivity (Wildman–Crippen MR) is 101 cm³/mol. The number of aliphatic hydroxyl groups excluding tert-OH is 1. The zero-order chi connectivity index (χ0) is 18.1. The summed E-state index contributed by atoms with van der Waals surface area (Å²) in [6, 6.07) is 11.9. The Morgan fingerprint density at radius 1 is 1.35 bits per heavy atom. The van der Waals surface area contributed by atoms with E-state index in [2.05, 4.69) is 15.3 Å². The number of amides is 1. The minimum absolute atomic E-state index is 0.0185. The molecular weight excluding hydrogens is 326 g/mol. The van der Waals surface area contributed by atoms with Gasteiger partial charge in [0, 0.05) is 23.5 Å². The number of hydrogen-bond donors (Lipinski definition) is 3. The molecule has 1 amide bonds. The van der Waals surface area contributed by atoms with E-state index in [4.69, 9.17) is 0 Å². The maximum atomic E-state index is 12.4. The minimum atomic E-state index is -0.622. The van der Waals surface area contributed by atoms with Crippen molar-refractivity contribution < 1.29 is 9.90 Å². The monoisotopic (exact) mass is 349 g/mol. The lowest BCUT2D eigenvalue weighted by molar-refractivity contribution is 0.0951. The third kappa shape index (κ3) is 3.48. The average Bonchev–Trinajstić information content (AvgIpc) is 3.32. The molecule has 4 rings (SSSR count). The van der Waals surface area contributed by atoms with Crippen molar-refractivity contribution in [2.45, 2.75) is 38.3 Å². The summed E-state index contributed by atoms with van der Waals surface area (Å²) in [5, 5.41) is 15.9. The molecule has 0 radical (unpaired) electrons. The van der Waals surface area contributed by atoms with Crippen LogP contribution in [0.3, 0.4) is 0 Å². The summed E-state index contributed by atoms with van der Waals surface area (Å²) in [5.41, 5.74) is 2.50. The number of aliphatic hydroxyl groups is 1. The van der Waals surface area contributed by atoms with Gasteiger partial charge in [-0.15, -0.1) is 0 Å². The summed E-state index contributed by atoms with van der Waals surface area (Å²) in [6.45, 7) is 2.02. The van der Waals surface area contributed by atoms with Gasteiger partial charge in [0.2, 0.25) is 0 Å². The van der Waals surface area contributed by atoms with Crippen LogP contribution < -0.4 is 5.32 Å². The normalized spacial score (nSPS) is 16.4. The molecule has 1 saturated carbocycles. The summed E-state index contributed by atoms with van der Waals surface area (Å²) >= 11 is 0. The number of H-pyrrole nitrogens is 1. The topological polar surface area (TPSA) is 78.0 Å². The summed E-state index contributed by atoms with van der Waals surface area (Å²) < 4.78 is 0. The van der Waals surface area contributed by atoms with Gasteiger partial charge >= 0.3 is 0 Å². The van der Waals surface area contributed by atoms with Crippen LogP contribution in [0.2, 0.25) is 0 Å². The molecule has 0 aliphatic heterocycles. The van der Waals surface area contributed by atoms with Gasteiger partial charge in [0.1, 0.15) is 0 Å². The Labute approximate surface area is 152 Å². The van der Waals surface area contributed by atoms with Crippen molar-refractivity contribution in [1.82, 2.24) is 15.3 Å². The molecule has 134 valence electrons. The number of imidazole rings is 1. The minimum Gasteiger partial charge on any atom is -0.388 e. The third-order valence-corrected chi connectivity index (χ3v) is 5.05. The van der Waals surface area contributed by atoms with Crippen LogP contribution in [0.15, 0.2) is 48.9 Å². The molecule has 1 aliphatic carbocycles. The number of hydrogen-bond acceptors (Lipinski definition) is 3. The van der Waals surface area contributed by atoms with Crippen molar-refractivity contribution in [3.63, 3.8) is 0 Å². The molecule has 2 unspecified atom stereocenters. The molecule has 5 heteroatoms.